The van der Waals surface area contributed by atoms with Gasteiger partial charge in [0.1, 0.15) is 0 Å². The Kier molecular flexibility index (Phi) is 7.54. The first-order valence-electron chi connectivity index (χ1n) is 9.17. The quantitative estimate of drug-likeness (QED) is 0.568. The standard InChI is InChI=1S/C22H30Cl2N2/c1-15(17-6-10-19(23)11-7-17)25-14-21(22(3,4)5)26-16(2)18-8-12-20(24)13-9-18/h6-13,15-16,21,25-26H,14H2,1-5H3/t15-,16-,21+/m0/s1. The molecule has 2 N–H and O–H groups in total. The monoisotopic (exact) mass is 392 g/mol. The lowest BCUT2D eigenvalue weighted by Gasteiger charge is -2.35. The minimum Gasteiger partial charge on any atom is -0.309 e. The van der Waals surface area contributed by atoms with Crippen LogP contribution in [0.25, 0.3) is 0 Å². The Balaban J connectivity index is 2.00. The molecule has 3 atom stereocenters. The third-order valence-corrected chi connectivity index (χ3v) is 5.37. The van der Waals surface area contributed by atoms with Crippen LogP contribution in [0.2, 0.25) is 10.0 Å². The molecular weight excluding hydrogens is 363 g/mol. The van der Waals surface area contributed by atoms with Crippen LogP contribution in [-0.4, -0.2) is 12.6 Å². The Morgan fingerprint density at radius 1 is 0.769 bits per heavy atom. The molecule has 0 bridgehead atoms. The molecule has 2 rings (SSSR count). The maximum Gasteiger partial charge on any atom is 0.0406 e. The van der Waals surface area contributed by atoms with E-state index in [0.717, 1.165) is 16.6 Å². The second-order valence-corrected chi connectivity index (χ2v) is 8.91. The minimum atomic E-state index is 0.132. The number of rotatable bonds is 7. The van der Waals surface area contributed by atoms with Gasteiger partial charge in [0.05, 0.1) is 0 Å². The molecule has 2 aromatic rings. The van der Waals surface area contributed by atoms with Crippen molar-refractivity contribution in [3.05, 3.63) is 69.7 Å². The van der Waals surface area contributed by atoms with Crippen LogP contribution >= 0.6 is 23.2 Å². The van der Waals surface area contributed by atoms with Crippen LogP contribution in [0.3, 0.4) is 0 Å². The molecule has 0 aromatic heterocycles. The van der Waals surface area contributed by atoms with E-state index in [1.807, 2.05) is 24.3 Å². The van der Waals surface area contributed by atoms with Crippen molar-refractivity contribution in [2.45, 2.75) is 52.7 Å². The van der Waals surface area contributed by atoms with Crippen LogP contribution in [-0.2, 0) is 0 Å². The van der Waals surface area contributed by atoms with E-state index < -0.39 is 0 Å². The van der Waals surface area contributed by atoms with Crippen LogP contribution in [0.1, 0.15) is 57.8 Å². The van der Waals surface area contributed by atoms with Crippen molar-refractivity contribution < 1.29 is 0 Å². The lowest BCUT2D eigenvalue weighted by molar-refractivity contribution is 0.238. The Labute approximate surface area is 168 Å². The predicted molar refractivity (Wildman–Crippen MR) is 114 cm³/mol. The van der Waals surface area contributed by atoms with Crippen LogP contribution in [0.15, 0.2) is 48.5 Å². The van der Waals surface area contributed by atoms with Crippen LogP contribution in [0.5, 0.6) is 0 Å². The van der Waals surface area contributed by atoms with E-state index in [1.54, 1.807) is 0 Å². The third-order valence-electron chi connectivity index (χ3n) is 4.86. The number of hydrogen-bond acceptors (Lipinski definition) is 2. The van der Waals surface area contributed by atoms with E-state index in [9.17, 15) is 0 Å². The van der Waals surface area contributed by atoms with Crippen molar-refractivity contribution in [1.29, 1.82) is 0 Å². The fourth-order valence-corrected chi connectivity index (χ4v) is 3.18. The SMILES string of the molecule is C[C@H](NC[C@@H](N[C@@H](C)c1ccc(Cl)cc1)C(C)(C)C)c1ccc(Cl)cc1. The highest BCUT2D eigenvalue weighted by atomic mass is 35.5. The van der Waals surface area contributed by atoms with Crippen molar-refractivity contribution in [3.8, 4) is 0 Å². The van der Waals surface area contributed by atoms with Gasteiger partial charge in [-0.05, 0) is 54.7 Å². The molecule has 142 valence electrons. The average Bonchev–Trinajstić information content (AvgIpc) is 2.58. The highest BCUT2D eigenvalue weighted by Gasteiger charge is 2.26. The minimum absolute atomic E-state index is 0.132. The second kappa shape index (κ2) is 9.23. The fraction of sp³-hybridized carbons (Fsp3) is 0.455. The molecule has 0 aliphatic rings. The summed E-state index contributed by atoms with van der Waals surface area (Å²) < 4.78 is 0. The zero-order chi connectivity index (χ0) is 19.3. The second-order valence-electron chi connectivity index (χ2n) is 8.04. The van der Waals surface area contributed by atoms with Gasteiger partial charge in [0.25, 0.3) is 0 Å². The highest BCUT2D eigenvalue weighted by Crippen LogP contribution is 2.24. The molecule has 2 nitrogen and oxygen atoms in total. The van der Waals surface area contributed by atoms with Crippen molar-refractivity contribution >= 4 is 23.2 Å². The molecule has 4 heteroatoms. The van der Waals surface area contributed by atoms with Gasteiger partial charge in [-0.1, -0.05) is 68.2 Å². The summed E-state index contributed by atoms with van der Waals surface area (Å²) in [6.45, 7) is 12.1. The molecule has 2 aromatic carbocycles. The van der Waals surface area contributed by atoms with Crippen molar-refractivity contribution in [1.82, 2.24) is 10.6 Å². The van der Waals surface area contributed by atoms with Gasteiger partial charge in [0, 0.05) is 34.7 Å². The number of halogens is 2. The van der Waals surface area contributed by atoms with Crippen molar-refractivity contribution in [2.24, 2.45) is 5.41 Å². The Morgan fingerprint density at radius 2 is 1.19 bits per heavy atom. The Bertz CT molecular complexity index is 675. The summed E-state index contributed by atoms with van der Waals surface area (Å²) in [7, 11) is 0. The summed E-state index contributed by atoms with van der Waals surface area (Å²) in [4.78, 5) is 0. The van der Waals surface area contributed by atoms with Crippen molar-refractivity contribution in [3.63, 3.8) is 0 Å². The lowest BCUT2D eigenvalue weighted by Crippen LogP contribution is -2.48. The molecule has 0 saturated heterocycles. The molecule has 26 heavy (non-hydrogen) atoms. The summed E-state index contributed by atoms with van der Waals surface area (Å²) in [6.07, 6.45) is 0. The van der Waals surface area contributed by atoms with Gasteiger partial charge in [-0.2, -0.15) is 0 Å². The predicted octanol–water partition coefficient (Wildman–Crippen LogP) is 6.41. The topological polar surface area (TPSA) is 24.1 Å². The average molecular weight is 393 g/mol. The van der Waals surface area contributed by atoms with E-state index in [2.05, 4.69) is 69.5 Å². The number of hydrogen-bond donors (Lipinski definition) is 2. The number of benzene rings is 2. The van der Waals surface area contributed by atoms with E-state index in [-0.39, 0.29) is 17.5 Å². The van der Waals surface area contributed by atoms with Gasteiger partial charge in [-0.3, -0.25) is 0 Å². The maximum absolute atomic E-state index is 6.01. The fourth-order valence-electron chi connectivity index (χ4n) is 2.93. The summed E-state index contributed by atoms with van der Waals surface area (Å²) in [5, 5.41) is 8.99. The van der Waals surface area contributed by atoms with Crippen LogP contribution in [0, 0.1) is 5.41 Å². The van der Waals surface area contributed by atoms with Gasteiger partial charge in [0.2, 0.25) is 0 Å². The Morgan fingerprint density at radius 3 is 1.62 bits per heavy atom. The molecule has 0 amide bonds. The summed E-state index contributed by atoms with van der Waals surface area (Å²) in [5.41, 5.74) is 2.62. The molecule has 0 heterocycles. The van der Waals surface area contributed by atoms with Gasteiger partial charge < -0.3 is 10.6 Å². The van der Waals surface area contributed by atoms with Gasteiger partial charge in [-0.25, -0.2) is 0 Å². The van der Waals surface area contributed by atoms with Gasteiger partial charge in [-0.15, -0.1) is 0 Å². The van der Waals surface area contributed by atoms with E-state index in [4.69, 9.17) is 23.2 Å². The molecular formula is C22H30Cl2N2. The first-order valence-corrected chi connectivity index (χ1v) is 9.93. The van der Waals surface area contributed by atoms with Crippen LogP contribution in [0.4, 0.5) is 0 Å². The first kappa shape index (κ1) is 21.2. The third kappa shape index (κ3) is 6.28. The van der Waals surface area contributed by atoms with Crippen LogP contribution < -0.4 is 10.6 Å². The zero-order valence-electron chi connectivity index (χ0n) is 16.3. The molecule has 0 radical (unpaired) electrons. The van der Waals surface area contributed by atoms with E-state index >= 15 is 0 Å². The molecule has 0 aliphatic carbocycles. The summed E-state index contributed by atoms with van der Waals surface area (Å²) >= 11 is 12.0. The van der Waals surface area contributed by atoms with E-state index in [1.165, 1.54) is 11.1 Å². The van der Waals surface area contributed by atoms with Gasteiger partial charge >= 0.3 is 0 Å². The normalized spacial score (nSPS) is 15.5. The largest absolute Gasteiger partial charge is 0.309 e. The summed E-state index contributed by atoms with van der Waals surface area (Å²) in [5.74, 6) is 0. The highest BCUT2D eigenvalue weighted by molar-refractivity contribution is 6.30. The van der Waals surface area contributed by atoms with E-state index in [0.29, 0.717) is 6.04 Å². The molecule has 0 unspecified atom stereocenters. The van der Waals surface area contributed by atoms with Gasteiger partial charge in [0.15, 0.2) is 0 Å². The maximum atomic E-state index is 6.01. The molecule has 0 fully saturated rings. The Hall–Kier alpha value is -1.06. The smallest absolute Gasteiger partial charge is 0.0406 e. The zero-order valence-corrected chi connectivity index (χ0v) is 17.8. The molecule has 0 saturated carbocycles. The number of nitrogens with one attached hydrogen (secondary N) is 2. The lowest BCUT2D eigenvalue weighted by atomic mass is 9.85. The van der Waals surface area contributed by atoms with Crippen molar-refractivity contribution in [2.75, 3.05) is 6.54 Å². The molecule has 0 spiro atoms. The first-order chi connectivity index (χ1) is 12.2. The molecule has 0 aliphatic heterocycles. The summed E-state index contributed by atoms with van der Waals surface area (Å²) in [6, 6.07) is 17.0.